The molecule has 0 amide bonds. The molecule has 0 aliphatic heterocycles. The van der Waals surface area contributed by atoms with Gasteiger partial charge in [-0.2, -0.15) is 0 Å². The van der Waals surface area contributed by atoms with Crippen molar-refractivity contribution in [2.24, 2.45) is 0 Å². The van der Waals surface area contributed by atoms with Crippen LogP contribution in [0, 0.1) is 0 Å². The van der Waals surface area contributed by atoms with Crippen LogP contribution in [-0.2, 0) is 0 Å². The van der Waals surface area contributed by atoms with Gasteiger partial charge < -0.3 is 0 Å². The largest absolute Gasteiger partial charge is 0.0616 e. The van der Waals surface area contributed by atoms with Crippen LogP contribution < -0.4 is 0 Å². The summed E-state index contributed by atoms with van der Waals surface area (Å²) in [5.41, 5.74) is 15.8. The zero-order chi connectivity index (χ0) is 28.3. The number of hydrogen-bond acceptors (Lipinski definition) is 0. The predicted molar refractivity (Wildman–Crippen MR) is 182 cm³/mol. The maximum atomic E-state index is 2.44. The topological polar surface area (TPSA) is 0 Å². The van der Waals surface area contributed by atoms with Crippen molar-refractivity contribution in [3.63, 3.8) is 0 Å². The van der Waals surface area contributed by atoms with E-state index in [0.29, 0.717) is 23.7 Å². The smallest absolute Gasteiger partial charge is 0.0221 e. The first-order valence-corrected chi connectivity index (χ1v) is 16.0. The van der Waals surface area contributed by atoms with Gasteiger partial charge in [0.1, 0.15) is 0 Å². The fourth-order valence-electron chi connectivity index (χ4n) is 10.2. The molecular weight excluding hydrogens is 528 g/mol. The number of rotatable bonds is 2. The van der Waals surface area contributed by atoms with Crippen LogP contribution in [-0.4, -0.2) is 0 Å². The fraction of sp³-hybridized carbons (Fsp3) is 0.0909. The molecule has 0 saturated heterocycles. The molecule has 0 nitrogen and oxygen atoms in total. The first-order chi connectivity index (χ1) is 21.9. The average molecular weight is 555 g/mol. The maximum absolute atomic E-state index is 2.44. The Morgan fingerprint density at radius 3 is 1.11 bits per heavy atom. The van der Waals surface area contributed by atoms with Gasteiger partial charge in [-0.25, -0.2) is 0 Å². The van der Waals surface area contributed by atoms with E-state index in [0.717, 1.165) is 0 Å². The van der Waals surface area contributed by atoms with Crippen LogP contribution in [0.15, 0.2) is 133 Å². The van der Waals surface area contributed by atoms with Gasteiger partial charge in [-0.15, -0.1) is 0 Å². The summed E-state index contributed by atoms with van der Waals surface area (Å²) in [6, 6.07) is 50.8. The second kappa shape index (κ2) is 7.47. The Morgan fingerprint density at radius 1 is 0.295 bits per heavy atom. The lowest BCUT2D eigenvalue weighted by molar-refractivity contribution is 0.555. The first-order valence-electron chi connectivity index (χ1n) is 16.0. The van der Waals surface area contributed by atoms with E-state index < -0.39 is 0 Å². The number of fused-ring (bicyclic) bond motifs is 6. The molecule has 15 rings (SSSR count). The van der Waals surface area contributed by atoms with Crippen molar-refractivity contribution in [2.75, 3.05) is 0 Å². The Balaban J connectivity index is 1.20. The van der Waals surface area contributed by atoms with E-state index in [1.54, 1.807) is 33.4 Å². The monoisotopic (exact) mass is 554 g/mol. The summed E-state index contributed by atoms with van der Waals surface area (Å²) in [6.07, 6.45) is 0. The van der Waals surface area contributed by atoms with Gasteiger partial charge in [0, 0.05) is 23.7 Å². The van der Waals surface area contributed by atoms with Crippen LogP contribution in [0.4, 0.5) is 0 Å². The lowest BCUT2D eigenvalue weighted by Gasteiger charge is -2.53. The molecule has 0 heterocycles. The third-order valence-electron chi connectivity index (χ3n) is 11.7. The van der Waals surface area contributed by atoms with Crippen LogP contribution in [0.5, 0.6) is 0 Å². The molecule has 202 valence electrons. The summed E-state index contributed by atoms with van der Waals surface area (Å²) in [4.78, 5) is 0. The molecule has 0 saturated carbocycles. The molecule has 7 aliphatic rings. The highest BCUT2D eigenvalue weighted by Crippen LogP contribution is 2.77. The summed E-state index contributed by atoms with van der Waals surface area (Å²) < 4.78 is 0. The molecule has 0 radical (unpaired) electrons. The van der Waals surface area contributed by atoms with Crippen LogP contribution in [0.3, 0.4) is 0 Å². The molecule has 0 N–H and O–H groups in total. The molecule has 0 aromatic heterocycles. The van der Waals surface area contributed by atoms with E-state index in [9.17, 15) is 0 Å². The van der Waals surface area contributed by atoms with Gasteiger partial charge >= 0.3 is 0 Å². The minimum atomic E-state index is 0.341. The van der Waals surface area contributed by atoms with Gasteiger partial charge in [-0.1, -0.05) is 121 Å². The van der Waals surface area contributed by atoms with E-state index in [4.69, 9.17) is 0 Å². The standard InChI is InChI=1S/C44H26/c1-5-13-29-25(9-1)21-26-10-2-6-14-30(26)35(29)37-33-23-17-19-24(20-18-23)34-38(37)42-40(33)43-39(34)41(44(42)43)36-31-15-7-3-11-27(31)22-28-12-4-8-16-32(28)36/h1-22,33,37,41,44H. The SMILES string of the molecule is c1ccc2c(C3c4c5c6c7c(c4C7C6c4c6ccccc6cc6ccccc46)C3c3ccc-5cc3)c3ccccc3cc2c1. The molecule has 7 aliphatic carbocycles. The summed E-state index contributed by atoms with van der Waals surface area (Å²) in [6.45, 7) is 0. The third-order valence-corrected chi connectivity index (χ3v) is 11.7. The van der Waals surface area contributed by atoms with E-state index in [1.807, 2.05) is 0 Å². The van der Waals surface area contributed by atoms with E-state index in [-0.39, 0.29) is 0 Å². The third kappa shape index (κ3) is 2.38. The highest BCUT2D eigenvalue weighted by Gasteiger charge is 2.62. The van der Waals surface area contributed by atoms with E-state index >= 15 is 0 Å². The van der Waals surface area contributed by atoms with E-state index in [2.05, 4.69) is 133 Å². The van der Waals surface area contributed by atoms with Gasteiger partial charge in [-0.05, 0) is 111 Å². The Hall–Kier alpha value is -5.20. The Morgan fingerprint density at radius 2 is 0.659 bits per heavy atom. The van der Waals surface area contributed by atoms with Crippen molar-refractivity contribution < 1.29 is 0 Å². The second-order valence-electron chi connectivity index (χ2n) is 13.4. The van der Waals surface area contributed by atoms with Gasteiger partial charge in [-0.3, -0.25) is 0 Å². The highest BCUT2D eigenvalue weighted by molar-refractivity contribution is 6.08. The zero-order valence-electron chi connectivity index (χ0n) is 24.0. The quantitative estimate of drug-likeness (QED) is 0.186. The van der Waals surface area contributed by atoms with Crippen LogP contribution in [0.2, 0.25) is 0 Å². The molecule has 0 spiro atoms. The normalized spacial score (nSPS) is 21.2. The van der Waals surface area contributed by atoms with Crippen molar-refractivity contribution in [3.05, 3.63) is 178 Å². The molecule has 0 fully saturated rings. The minimum Gasteiger partial charge on any atom is -0.0616 e. The van der Waals surface area contributed by atoms with Crippen LogP contribution >= 0.6 is 0 Å². The predicted octanol–water partition coefficient (Wildman–Crippen LogP) is 11.1. The zero-order valence-corrected chi connectivity index (χ0v) is 24.0. The van der Waals surface area contributed by atoms with Crippen molar-refractivity contribution in [1.82, 2.24) is 0 Å². The van der Waals surface area contributed by atoms with E-state index in [1.165, 1.54) is 65.3 Å². The molecule has 0 heteroatoms. The summed E-state index contributed by atoms with van der Waals surface area (Å²) in [7, 11) is 0. The van der Waals surface area contributed by atoms with Crippen LogP contribution in [0.1, 0.15) is 68.2 Å². The van der Waals surface area contributed by atoms with Crippen molar-refractivity contribution in [1.29, 1.82) is 0 Å². The molecule has 4 atom stereocenters. The van der Waals surface area contributed by atoms with Crippen molar-refractivity contribution in [2.45, 2.75) is 23.7 Å². The van der Waals surface area contributed by atoms with Crippen molar-refractivity contribution in [3.8, 4) is 11.1 Å². The minimum absolute atomic E-state index is 0.341. The Labute approximate surface area is 255 Å². The van der Waals surface area contributed by atoms with Gasteiger partial charge in [0.2, 0.25) is 0 Å². The van der Waals surface area contributed by atoms with Gasteiger partial charge in [0.15, 0.2) is 0 Å². The fourth-order valence-corrected chi connectivity index (χ4v) is 10.2. The lowest BCUT2D eigenvalue weighted by Crippen LogP contribution is -2.38. The summed E-state index contributed by atoms with van der Waals surface area (Å²) in [5, 5.41) is 11.1. The number of hydrogen-bond donors (Lipinski definition) is 0. The molecule has 4 unspecified atom stereocenters. The van der Waals surface area contributed by atoms with Gasteiger partial charge in [0.05, 0.1) is 0 Å². The molecular formula is C44H26. The lowest BCUT2D eigenvalue weighted by atomic mass is 9.49. The molecule has 8 aromatic carbocycles. The molecule has 8 aromatic rings. The first kappa shape index (κ1) is 22.4. The maximum Gasteiger partial charge on any atom is 0.0221 e. The average Bonchev–Trinajstić information content (AvgIpc) is 3.35. The van der Waals surface area contributed by atoms with Crippen molar-refractivity contribution >= 4 is 43.1 Å². The van der Waals surface area contributed by atoms with Crippen LogP contribution in [0.25, 0.3) is 54.2 Å². The molecule has 44 heavy (non-hydrogen) atoms. The summed E-state index contributed by atoms with van der Waals surface area (Å²) in [5.74, 6) is 1.65. The van der Waals surface area contributed by atoms with Gasteiger partial charge in [0.25, 0.3) is 0 Å². The number of benzene rings is 8. The second-order valence-corrected chi connectivity index (χ2v) is 13.4. The Bertz CT molecular complexity index is 2510. The highest BCUT2D eigenvalue weighted by atomic mass is 14.6. The molecule has 9 bridgehead atoms. The Kier molecular flexibility index (Phi) is 3.79. The summed E-state index contributed by atoms with van der Waals surface area (Å²) >= 11 is 0.